The van der Waals surface area contributed by atoms with Crippen molar-refractivity contribution >= 4 is 64.9 Å². The first kappa shape index (κ1) is 45.2. The Morgan fingerprint density at radius 2 is 1.36 bits per heavy atom. The lowest BCUT2D eigenvalue weighted by atomic mass is 10.1. The summed E-state index contributed by atoms with van der Waals surface area (Å²) in [4.78, 5) is 109. The van der Waals surface area contributed by atoms with Crippen LogP contribution in [-0.2, 0) is 62.7 Å². The fourth-order valence-corrected chi connectivity index (χ4v) is 11.2. The van der Waals surface area contributed by atoms with Crippen molar-refractivity contribution in [3.8, 4) is 0 Å². The Bertz CT molecular complexity index is 2010. The first-order valence-corrected chi connectivity index (χ1v) is 22.2. The maximum absolute atomic E-state index is 12.0. The van der Waals surface area contributed by atoms with Crippen molar-refractivity contribution in [3.05, 3.63) is 58.1 Å². The molecular formula is C19H22N4O24P6-6. The number of aromatic nitrogens is 2. The quantitative estimate of drug-likeness (QED) is 0.0664. The fraction of sp³-hybridized carbons (Fsp3) is 0.368. The molecule has 1 saturated heterocycles. The average Bonchev–Trinajstić information content (AvgIpc) is 3.34. The number of aliphatic hydroxyl groups excluding tert-OH is 1. The van der Waals surface area contributed by atoms with E-state index in [1.165, 1.54) is 30.3 Å². The second-order valence-electron chi connectivity index (χ2n) is 9.69. The number of nitrogen functional groups attached to an aromatic ring is 1. The zero-order valence-corrected chi connectivity index (χ0v) is 31.0. The Hall–Kier alpha value is -2.18. The van der Waals surface area contributed by atoms with Crippen LogP contribution in [0.25, 0.3) is 0 Å². The lowest BCUT2D eigenvalue weighted by molar-refractivity contribution is -0.256. The highest BCUT2D eigenvalue weighted by Crippen LogP contribution is 2.70. The summed E-state index contributed by atoms with van der Waals surface area (Å²) < 4.78 is 102. The van der Waals surface area contributed by atoms with Crippen molar-refractivity contribution in [1.29, 1.82) is 0 Å². The number of nitrogens with two attached hydrogens (primary N) is 1. The minimum absolute atomic E-state index is 0.00870. The number of carbonyl (C=O) groups excluding carboxylic acids is 2. The van der Waals surface area contributed by atoms with Crippen LogP contribution in [0.4, 0.5) is 5.82 Å². The largest absolute Gasteiger partial charge is 0.756 e. The molecule has 1 aliphatic rings. The number of aldehydes is 1. The number of anilines is 1. The number of phosphoric acid groups is 6. The lowest BCUT2D eigenvalue weighted by Gasteiger charge is -2.38. The second-order valence-corrected chi connectivity index (χ2v) is 18.8. The van der Waals surface area contributed by atoms with Crippen molar-refractivity contribution < 1.29 is 107 Å². The highest BCUT2D eigenvalue weighted by molar-refractivity contribution is 7.71. The van der Waals surface area contributed by atoms with Gasteiger partial charge in [0.2, 0.25) is 0 Å². The standard InChI is InChI=1S/C19H28N4O24P6/c20-16-5-7-23(19(27)22-16)17-9-14(25)15(42-17)11-41-49(30,31)44-51(34,35)46-53(38,39)47-52(36,37)45-50(32,33)43-48(28,29)40-8-6-21-18(26)13-3-1-12(10-24)2-4-13/h1-5,7,10,14-15,17,25H,6,8-9,11H2,(H,21,26)(H,28,29)(H,30,31)(H,32,33)(H,34,35)(H,36,37)(H,38,39)(H2,20,22,27)/p-6/t14?,15-,17-/m1/s1. The molecule has 1 amide bonds. The van der Waals surface area contributed by atoms with Gasteiger partial charge in [-0.15, -0.1) is 0 Å². The van der Waals surface area contributed by atoms with Crippen LogP contribution >= 0.6 is 46.9 Å². The van der Waals surface area contributed by atoms with Crippen molar-refractivity contribution in [2.24, 2.45) is 0 Å². The third kappa shape index (κ3) is 15.1. The highest BCUT2D eigenvalue weighted by atomic mass is 31.3. The van der Waals surface area contributed by atoms with Gasteiger partial charge in [0.05, 0.1) is 19.3 Å². The normalized spacial score (nSPS) is 24.3. The summed E-state index contributed by atoms with van der Waals surface area (Å²) >= 11 is 0. The van der Waals surface area contributed by atoms with Gasteiger partial charge < -0.3 is 59.3 Å². The van der Waals surface area contributed by atoms with Crippen LogP contribution in [-0.4, -0.2) is 58.8 Å². The van der Waals surface area contributed by atoms with E-state index in [1.807, 2.05) is 0 Å². The molecule has 0 saturated carbocycles. The molecule has 1 aromatic heterocycles. The van der Waals surface area contributed by atoms with Crippen molar-refractivity contribution in [3.63, 3.8) is 0 Å². The number of hydrogen-bond acceptors (Lipinski definition) is 26. The molecule has 0 radical (unpaired) electrons. The Morgan fingerprint density at radius 3 is 1.85 bits per heavy atom. The van der Waals surface area contributed by atoms with Gasteiger partial charge >= 0.3 is 5.69 Å². The van der Waals surface area contributed by atoms with Gasteiger partial charge in [-0.1, -0.05) is 12.1 Å². The smallest absolute Gasteiger partial charge is 0.351 e. The van der Waals surface area contributed by atoms with Crippen LogP contribution in [0, 0.1) is 0 Å². The van der Waals surface area contributed by atoms with Crippen LogP contribution < -0.4 is 46.1 Å². The van der Waals surface area contributed by atoms with E-state index >= 15 is 0 Å². The van der Waals surface area contributed by atoms with Crippen LogP contribution in [0.15, 0.2) is 41.3 Å². The number of aliphatic hydroxyl groups is 1. The summed E-state index contributed by atoms with van der Waals surface area (Å²) in [6, 6.07) is 6.20. The molecule has 7 unspecified atom stereocenters. The van der Waals surface area contributed by atoms with E-state index in [0.29, 0.717) is 6.29 Å². The Labute approximate surface area is 295 Å². The fourth-order valence-electron chi connectivity index (χ4n) is 3.70. The lowest BCUT2D eigenvalue weighted by Crippen LogP contribution is -2.29. The molecule has 1 fully saturated rings. The summed E-state index contributed by atoms with van der Waals surface area (Å²) in [6.07, 6.45) is -3.09. The maximum Gasteiger partial charge on any atom is 0.351 e. The third-order valence-corrected chi connectivity index (χ3v) is 14.7. The number of ether oxygens (including phenoxy) is 1. The molecule has 298 valence electrons. The van der Waals surface area contributed by atoms with Crippen molar-refractivity contribution in [2.45, 2.75) is 24.9 Å². The van der Waals surface area contributed by atoms with E-state index in [0.717, 1.165) is 10.8 Å². The number of rotatable bonds is 20. The van der Waals surface area contributed by atoms with E-state index < -0.39 is 96.7 Å². The number of hydrogen-bond donors (Lipinski definition) is 3. The molecule has 9 atom stereocenters. The zero-order chi connectivity index (χ0) is 40.0. The Kier molecular flexibility index (Phi) is 15.1. The number of nitrogens with zero attached hydrogens (tertiary/aromatic N) is 2. The van der Waals surface area contributed by atoms with E-state index in [-0.39, 0.29) is 23.4 Å². The van der Waals surface area contributed by atoms with Gasteiger partial charge in [0.1, 0.15) is 24.4 Å². The van der Waals surface area contributed by atoms with Crippen LogP contribution in [0.1, 0.15) is 33.4 Å². The predicted octanol–water partition coefficient (Wildman–Crippen LogP) is -3.36. The maximum atomic E-state index is 12.0. The number of phosphoric ester groups is 2. The summed E-state index contributed by atoms with van der Waals surface area (Å²) in [6.45, 7) is -2.88. The first-order chi connectivity index (χ1) is 24.2. The molecule has 0 aliphatic carbocycles. The van der Waals surface area contributed by atoms with E-state index in [4.69, 9.17) is 10.5 Å². The number of benzene rings is 1. The van der Waals surface area contributed by atoms with E-state index in [9.17, 15) is 76.2 Å². The van der Waals surface area contributed by atoms with Gasteiger partial charge in [-0.3, -0.25) is 41.5 Å². The van der Waals surface area contributed by atoms with Crippen molar-refractivity contribution in [2.75, 3.05) is 25.5 Å². The van der Waals surface area contributed by atoms with Crippen LogP contribution in [0.3, 0.4) is 0 Å². The minimum Gasteiger partial charge on any atom is -0.756 e. The monoisotopic (exact) mass is 876 g/mol. The summed E-state index contributed by atoms with van der Waals surface area (Å²) in [5.41, 5.74) is 4.67. The summed E-state index contributed by atoms with van der Waals surface area (Å²) in [5, 5.41) is 12.2. The van der Waals surface area contributed by atoms with Gasteiger partial charge in [-0.25, -0.2) is 26.3 Å². The SMILES string of the molecule is Nc1ccn([C@H]2CC(O)[C@@H](COP(=O)([O-])OP(=O)([O-])OP(=O)([O-])OP(=O)([O-])OP(=O)([O-])OP(=O)([O-])OCCNC(=O)c3ccc(C=O)cc3)O2)c(=O)n1. The van der Waals surface area contributed by atoms with Crippen LogP contribution in [0.5, 0.6) is 0 Å². The second kappa shape index (κ2) is 17.7. The predicted molar refractivity (Wildman–Crippen MR) is 155 cm³/mol. The zero-order valence-electron chi connectivity index (χ0n) is 25.6. The van der Waals surface area contributed by atoms with Crippen LogP contribution in [0.2, 0.25) is 0 Å². The first-order valence-electron chi connectivity index (χ1n) is 13.5. The molecule has 53 heavy (non-hydrogen) atoms. The molecular weight excluding hydrogens is 854 g/mol. The van der Waals surface area contributed by atoms with Crippen molar-refractivity contribution in [1.82, 2.24) is 14.9 Å². The van der Waals surface area contributed by atoms with E-state index in [2.05, 4.69) is 40.9 Å². The highest BCUT2D eigenvalue weighted by Gasteiger charge is 2.37. The third-order valence-electron chi connectivity index (χ3n) is 5.71. The molecule has 2 heterocycles. The van der Waals surface area contributed by atoms with Gasteiger partial charge in [0, 0.05) is 30.3 Å². The van der Waals surface area contributed by atoms with Gasteiger partial charge in [-0.05, 0) is 18.2 Å². The molecule has 0 spiro atoms. The number of carbonyl (C=O) groups is 2. The Balaban J connectivity index is 1.49. The summed E-state index contributed by atoms with van der Waals surface area (Å²) in [7, 11) is -39.6. The minimum atomic E-state index is -6.95. The Morgan fingerprint density at radius 1 is 0.868 bits per heavy atom. The average molecular weight is 876 g/mol. The topological polar surface area (TPSA) is 442 Å². The molecule has 2 aromatic rings. The van der Waals surface area contributed by atoms with E-state index in [1.54, 1.807) is 0 Å². The number of amides is 1. The molecule has 28 nitrogen and oxygen atoms in total. The molecule has 1 aromatic carbocycles. The van der Waals surface area contributed by atoms with Gasteiger partial charge in [0.15, 0.2) is 0 Å². The molecule has 0 bridgehead atoms. The molecule has 34 heteroatoms. The molecule has 1 aliphatic heterocycles. The number of nitrogens with one attached hydrogen (secondary N) is 1. The van der Waals surface area contributed by atoms with Gasteiger partial charge in [-0.2, -0.15) is 4.98 Å². The molecule has 3 rings (SSSR count). The summed E-state index contributed by atoms with van der Waals surface area (Å²) in [5.74, 6) is -0.967. The van der Waals surface area contributed by atoms with Gasteiger partial charge in [0.25, 0.3) is 52.8 Å². The molecule has 4 N–H and O–H groups in total.